The molecule has 2 nitrogen and oxygen atoms in total. The Bertz CT molecular complexity index is 1320. The summed E-state index contributed by atoms with van der Waals surface area (Å²) in [5.74, 6) is -4.14. The minimum atomic E-state index is -1.07. The number of halogens is 4. The number of hydrogen-bond donors (Lipinski definition) is 0. The van der Waals surface area contributed by atoms with Crippen LogP contribution < -0.4 is 4.74 Å². The molecule has 4 aromatic rings. The molecule has 0 saturated carbocycles. The standard InChI is InChI=1S/C29H24F4O2/c1-3-34-17-22-12-13-23(27(31)26(22)30)21-10-6-19(7-11-21)16-35-25-15-14-24(28(32)29(25)33)20-8-4-18(2)5-9-20/h4-15H,3,16-17H2,1-2H3. The fourth-order valence-electron chi connectivity index (χ4n) is 3.68. The molecule has 0 amide bonds. The van der Waals surface area contributed by atoms with E-state index in [1.54, 1.807) is 43.3 Å². The van der Waals surface area contributed by atoms with Crippen molar-refractivity contribution in [3.63, 3.8) is 0 Å². The second-order valence-electron chi connectivity index (χ2n) is 8.13. The van der Waals surface area contributed by atoms with Crippen LogP contribution in [0.15, 0.2) is 72.8 Å². The Kier molecular flexibility index (Phi) is 7.51. The van der Waals surface area contributed by atoms with Crippen LogP contribution in [-0.4, -0.2) is 6.61 Å². The van der Waals surface area contributed by atoms with Gasteiger partial charge in [0, 0.05) is 23.3 Å². The number of benzene rings is 4. The molecule has 0 spiro atoms. The fourth-order valence-corrected chi connectivity index (χ4v) is 3.68. The Morgan fingerprint density at radius 1 is 0.600 bits per heavy atom. The lowest BCUT2D eigenvalue weighted by molar-refractivity contribution is 0.131. The van der Waals surface area contributed by atoms with Crippen molar-refractivity contribution in [2.24, 2.45) is 0 Å². The molecular weight excluding hydrogens is 456 g/mol. The summed E-state index contributed by atoms with van der Waals surface area (Å²) in [5.41, 5.74) is 3.16. The Morgan fingerprint density at radius 3 is 1.80 bits per heavy atom. The molecule has 0 atom stereocenters. The smallest absolute Gasteiger partial charge is 0.201 e. The molecule has 35 heavy (non-hydrogen) atoms. The van der Waals surface area contributed by atoms with Crippen LogP contribution >= 0.6 is 0 Å². The molecule has 180 valence electrons. The van der Waals surface area contributed by atoms with Crippen LogP contribution in [0.4, 0.5) is 17.6 Å². The van der Waals surface area contributed by atoms with Crippen molar-refractivity contribution in [3.05, 3.63) is 113 Å². The highest BCUT2D eigenvalue weighted by molar-refractivity contribution is 5.66. The average Bonchev–Trinajstić information content (AvgIpc) is 2.87. The molecule has 0 unspecified atom stereocenters. The first-order chi connectivity index (χ1) is 16.9. The minimum absolute atomic E-state index is 0.00103. The number of ether oxygens (including phenoxy) is 2. The van der Waals surface area contributed by atoms with Crippen LogP contribution in [0.2, 0.25) is 0 Å². The topological polar surface area (TPSA) is 18.5 Å². The van der Waals surface area contributed by atoms with E-state index in [1.165, 1.54) is 24.3 Å². The molecular formula is C29H24F4O2. The summed E-state index contributed by atoms with van der Waals surface area (Å²) in [6.45, 7) is 4.07. The molecule has 0 fully saturated rings. The molecule has 0 radical (unpaired) electrons. The first-order valence-electron chi connectivity index (χ1n) is 11.2. The maximum absolute atomic E-state index is 14.7. The number of rotatable bonds is 8. The van der Waals surface area contributed by atoms with Crippen LogP contribution in [0.3, 0.4) is 0 Å². The third-order valence-electron chi connectivity index (χ3n) is 5.69. The summed E-state index contributed by atoms with van der Waals surface area (Å²) >= 11 is 0. The lowest BCUT2D eigenvalue weighted by Crippen LogP contribution is -2.01. The summed E-state index contributed by atoms with van der Waals surface area (Å²) in [4.78, 5) is 0. The average molecular weight is 481 g/mol. The van der Waals surface area contributed by atoms with Gasteiger partial charge in [-0.05, 0) is 42.7 Å². The summed E-state index contributed by atoms with van der Waals surface area (Å²) < 4.78 is 68.8. The van der Waals surface area contributed by atoms with Crippen molar-refractivity contribution in [3.8, 4) is 28.0 Å². The lowest BCUT2D eigenvalue weighted by Gasteiger charge is -2.12. The van der Waals surface area contributed by atoms with Gasteiger partial charge in [-0.15, -0.1) is 0 Å². The molecule has 0 aromatic heterocycles. The maximum atomic E-state index is 14.7. The molecule has 4 aromatic carbocycles. The highest BCUT2D eigenvalue weighted by Crippen LogP contribution is 2.31. The zero-order valence-corrected chi connectivity index (χ0v) is 19.4. The minimum Gasteiger partial charge on any atom is -0.486 e. The van der Waals surface area contributed by atoms with Gasteiger partial charge < -0.3 is 9.47 Å². The highest BCUT2D eigenvalue weighted by atomic mass is 19.2. The van der Waals surface area contributed by atoms with Gasteiger partial charge in [-0.3, -0.25) is 0 Å². The highest BCUT2D eigenvalue weighted by Gasteiger charge is 2.17. The first kappa shape index (κ1) is 24.5. The number of aryl methyl sites for hydroxylation is 1. The maximum Gasteiger partial charge on any atom is 0.201 e. The summed E-state index contributed by atoms with van der Waals surface area (Å²) in [7, 11) is 0. The second-order valence-corrected chi connectivity index (χ2v) is 8.13. The van der Waals surface area contributed by atoms with Gasteiger partial charge in [-0.2, -0.15) is 4.39 Å². The Labute approximate surface area is 201 Å². The molecule has 0 aliphatic rings. The molecule has 6 heteroatoms. The van der Waals surface area contributed by atoms with Crippen molar-refractivity contribution in [1.82, 2.24) is 0 Å². The van der Waals surface area contributed by atoms with E-state index >= 15 is 0 Å². The van der Waals surface area contributed by atoms with Crippen LogP contribution in [0, 0.1) is 30.2 Å². The largest absolute Gasteiger partial charge is 0.486 e. The van der Waals surface area contributed by atoms with E-state index in [0.29, 0.717) is 23.3 Å². The molecule has 0 N–H and O–H groups in total. The quantitative estimate of drug-likeness (QED) is 0.238. The Balaban J connectivity index is 1.47. The Hall–Kier alpha value is -3.64. The van der Waals surface area contributed by atoms with E-state index in [-0.39, 0.29) is 35.7 Å². The predicted octanol–water partition coefficient (Wildman–Crippen LogP) is 8.00. The van der Waals surface area contributed by atoms with Crippen molar-refractivity contribution in [2.75, 3.05) is 6.61 Å². The van der Waals surface area contributed by atoms with Gasteiger partial charge in [-0.1, -0.05) is 66.2 Å². The zero-order chi connectivity index (χ0) is 24.9. The third-order valence-corrected chi connectivity index (χ3v) is 5.69. The van der Waals surface area contributed by atoms with Crippen molar-refractivity contribution < 1.29 is 27.0 Å². The SMILES string of the molecule is CCOCc1ccc(-c2ccc(COc3ccc(-c4ccc(C)cc4)c(F)c3F)cc2)c(F)c1F. The zero-order valence-electron chi connectivity index (χ0n) is 19.4. The molecule has 0 saturated heterocycles. The van der Waals surface area contributed by atoms with E-state index in [1.807, 2.05) is 19.1 Å². The lowest BCUT2D eigenvalue weighted by atomic mass is 10.0. The summed E-state index contributed by atoms with van der Waals surface area (Å²) in [6, 6.07) is 19.6. The van der Waals surface area contributed by atoms with Crippen LogP contribution in [0.5, 0.6) is 5.75 Å². The van der Waals surface area contributed by atoms with Gasteiger partial charge in [0.1, 0.15) is 6.61 Å². The van der Waals surface area contributed by atoms with Crippen LogP contribution in [-0.2, 0) is 18.0 Å². The summed E-state index contributed by atoms with van der Waals surface area (Å²) in [5, 5.41) is 0. The third kappa shape index (κ3) is 5.38. The van der Waals surface area contributed by atoms with Crippen molar-refractivity contribution >= 4 is 0 Å². The van der Waals surface area contributed by atoms with E-state index in [4.69, 9.17) is 9.47 Å². The number of hydrogen-bond acceptors (Lipinski definition) is 2. The monoisotopic (exact) mass is 480 g/mol. The van der Waals surface area contributed by atoms with E-state index in [2.05, 4.69) is 0 Å². The molecule has 0 aliphatic heterocycles. The van der Waals surface area contributed by atoms with Gasteiger partial charge in [0.15, 0.2) is 23.2 Å². The molecule has 0 heterocycles. The second kappa shape index (κ2) is 10.7. The Morgan fingerprint density at radius 2 is 1.17 bits per heavy atom. The molecule has 4 rings (SSSR count). The first-order valence-corrected chi connectivity index (χ1v) is 11.2. The summed E-state index contributed by atoms with van der Waals surface area (Å²) in [6.07, 6.45) is 0. The van der Waals surface area contributed by atoms with Crippen LogP contribution in [0.25, 0.3) is 22.3 Å². The van der Waals surface area contributed by atoms with Gasteiger partial charge in [0.05, 0.1) is 6.61 Å². The van der Waals surface area contributed by atoms with Crippen LogP contribution in [0.1, 0.15) is 23.6 Å². The van der Waals surface area contributed by atoms with Crippen molar-refractivity contribution in [1.29, 1.82) is 0 Å². The van der Waals surface area contributed by atoms with Gasteiger partial charge in [0.2, 0.25) is 5.82 Å². The van der Waals surface area contributed by atoms with E-state index in [0.717, 1.165) is 5.56 Å². The fraction of sp³-hybridized carbons (Fsp3) is 0.172. The molecule has 0 bridgehead atoms. The predicted molar refractivity (Wildman–Crippen MR) is 128 cm³/mol. The molecule has 0 aliphatic carbocycles. The normalized spacial score (nSPS) is 11.0. The van der Waals surface area contributed by atoms with Crippen molar-refractivity contribution in [2.45, 2.75) is 27.1 Å². The van der Waals surface area contributed by atoms with Gasteiger partial charge >= 0.3 is 0 Å². The van der Waals surface area contributed by atoms with E-state index < -0.39 is 23.3 Å². The van der Waals surface area contributed by atoms with E-state index in [9.17, 15) is 17.6 Å². The van der Waals surface area contributed by atoms with Gasteiger partial charge in [-0.25, -0.2) is 13.2 Å². The van der Waals surface area contributed by atoms with Gasteiger partial charge in [0.25, 0.3) is 0 Å².